The first-order valence-corrected chi connectivity index (χ1v) is 11.2. The first-order valence-electron chi connectivity index (χ1n) is 11.2. The Hall–Kier alpha value is -2.80. The van der Waals surface area contributed by atoms with E-state index in [1.807, 2.05) is 42.9 Å². The predicted octanol–water partition coefficient (Wildman–Crippen LogP) is 4.44. The zero-order valence-electron chi connectivity index (χ0n) is 18.0. The first kappa shape index (κ1) is 18.9. The van der Waals surface area contributed by atoms with Gasteiger partial charge in [-0.3, -0.25) is 0 Å². The Morgan fingerprint density at radius 3 is 2.71 bits per heavy atom. The molecule has 1 saturated carbocycles. The van der Waals surface area contributed by atoms with Gasteiger partial charge in [-0.25, -0.2) is 18.9 Å². The van der Waals surface area contributed by atoms with E-state index in [9.17, 15) is 0 Å². The van der Waals surface area contributed by atoms with Gasteiger partial charge < -0.3 is 9.72 Å². The van der Waals surface area contributed by atoms with Gasteiger partial charge in [0.25, 0.3) is 0 Å². The van der Waals surface area contributed by atoms with Gasteiger partial charge in [0.1, 0.15) is 0 Å². The second kappa shape index (κ2) is 6.85. The van der Waals surface area contributed by atoms with Gasteiger partial charge in [-0.1, -0.05) is 0 Å². The highest BCUT2D eigenvalue weighted by Gasteiger charge is 2.41. The average Bonchev–Trinajstić information content (AvgIpc) is 3.45. The number of aromatic nitrogens is 5. The molecule has 4 aromatic rings. The molecule has 1 atom stereocenters. The van der Waals surface area contributed by atoms with E-state index in [0.29, 0.717) is 17.0 Å². The van der Waals surface area contributed by atoms with Gasteiger partial charge in [0.15, 0.2) is 17.1 Å². The molecule has 7 heteroatoms. The van der Waals surface area contributed by atoms with Crippen molar-refractivity contribution < 1.29 is 4.39 Å². The van der Waals surface area contributed by atoms with Crippen molar-refractivity contribution >= 4 is 11.3 Å². The Kier molecular flexibility index (Phi) is 4.18. The van der Waals surface area contributed by atoms with Gasteiger partial charge >= 0.3 is 0 Å². The molecule has 1 spiro atoms. The number of hydrogen-bond donors (Lipinski definition) is 1. The highest BCUT2D eigenvalue weighted by molar-refractivity contribution is 5.64. The van der Waals surface area contributed by atoms with E-state index in [4.69, 9.17) is 4.98 Å². The van der Waals surface area contributed by atoms with Crippen LogP contribution in [0.25, 0.3) is 22.6 Å². The monoisotopic (exact) mass is 418 g/mol. The molecule has 0 bridgehead atoms. The molecule has 5 heterocycles. The summed E-state index contributed by atoms with van der Waals surface area (Å²) in [5.41, 5.74) is 6.12. The minimum atomic E-state index is -0.306. The van der Waals surface area contributed by atoms with Gasteiger partial charge in [-0.05, 0) is 82.2 Å². The van der Waals surface area contributed by atoms with Crippen molar-refractivity contribution in [3.05, 3.63) is 53.5 Å². The van der Waals surface area contributed by atoms with Gasteiger partial charge in [-0.2, -0.15) is 5.10 Å². The van der Waals surface area contributed by atoms with Crippen molar-refractivity contribution in [3.63, 3.8) is 0 Å². The molecule has 160 valence electrons. The van der Waals surface area contributed by atoms with E-state index < -0.39 is 0 Å². The summed E-state index contributed by atoms with van der Waals surface area (Å²) in [6.07, 6.45) is 11.9. The number of pyridine rings is 1. The zero-order valence-corrected chi connectivity index (χ0v) is 18.0. The number of imidazole rings is 2. The molecular weight excluding hydrogens is 391 g/mol. The fraction of sp³-hybridized carbons (Fsp3) is 0.458. The van der Waals surface area contributed by atoms with Crippen LogP contribution in [-0.2, 0) is 0 Å². The second-order valence-electron chi connectivity index (χ2n) is 9.53. The summed E-state index contributed by atoms with van der Waals surface area (Å²) in [5.74, 6) is 0.117. The number of rotatable bonds is 2. The lowest BCUT2D eigenvalue weighted by Gasteiger charge is -2.34. The molecule has 0 radical (unpaired) electrons. The average molecular weight is 419 g/mol. The fourth-order valence-electron chi connectivity index (χ4n) is 5.67. The van der Waals surface area contributed by atoms with E-state index in [2.05, 4.69) is 15.4 Å². The Labute approximate surface area is 180 Å². The molecule has 2 fully saturated rings. The minimum Gasteiger partial charge on any atom is -0.317 e. The highest BCUT2D eigenvalue weighted by Crippen LogP contribution is 2.51. The van der Waals surface area contributed by atoms with Gasteiger partial charge in [0.05, 0.1) is 23.3 Å². The smallest absolute Gasteiger partial charge is 0.173 e. The number of piperidine rings is 1. The largest absolute Gasteiger partial charge is 0.317 e. The number of nitrogens with zero attached hydrogens (tertiary/aromatic N) is 5. The molecule has 31 heavy (non-hydrogen) atoms. The van der Waals surface area contributed by atoms with Crippen LogP contribution in [0.2, 0.25) is 0 Å². The predicted molar refractivity (Wildman–Crippen MR) is 118 cm³/mol. The highest BCUT2D eigenvalue weighted by atomic mass is 19.1. The van der Waals surface area contributed by atoms with Gasteiger partial charge in [0.2, 0.25) is 0 Å². The zero-order chi connectivity index (χ0) is 21.2. The van der Waals surface area contributed by atoms with Crippen LogP contribution in [0.3, 0.4) is 0 Å². The Balaban J connectivity index is 1.37. The molecule has 0 aromatic carbocycles. The topological polar surface area (TPSA) is 59.5 Å². The summed E-state index contributed by atoms with van der Waals surface area (Å²) < 4.78 is 18.7. The second-order valence-corrected chi connectivity index (χ2v) is 9.53. The van der Waals surface area contributed by atoms with Crippen LogP contribution in [-0.4, -0.2) is 37.1 Å². The lowest BCUT2D eigenvalue weighted by Crippen LogP contribution is -2.35. The Morgan fingerprint density at radius 1 is 1.03 bits per heavy atom. The van der Waals surface area contributed by atoms with Crippen LogP contribution < -0.4 is 5.32 Å². The molecular formula is C24H27FN6. The van der Waals surface area contributed by atoms with Gasteiger partial charge in [0, 0.05) is 23.9 Å². The third-order valence-electron chi connectivity index (χ3n) is 7.34. The maximum absolute atomic E-state index is 15.1. The number of hydrogen-bond acceptors (Lipinski definition) is 4. The normalized spacial score (nSPS) is 20.9. The molecule has 2 aliphatic rings. The van der Waals surface area contributed by atoms with Crippen LogP contribution in [0.5, 0.6) is 0 Å². The van der Waals surface area contributed by atoms with Gasteiger partial charge in [-0.15, -0.1) is 0 Å². The molecule has 0 amide bonds. The van der Waals surface area contributed by atoms with Crippen LogP contribution in [0.15, 0.2) is 30.7 Å². The number of fused-ring (bicyclic) bond motifs is 2. The van der Waals surface area contributed by atoms with Crippen molar-refractivity contribution in [2.24, 2.45) is 5.41 Å². The van der Waals surface area contributed by atoms with Crippen LogP contribution in [0.4, 0.5) is 4.39 Å². The van der Waals surface area contributed by atoms with E-state index in [1.54, 1.807) is 10.6 Å². The number of halogens is 1. The summed E-state index contributed by atoms with van der Waals surface area (Å²) in [5, 5.41) is 8.14. The minimum absolute atomic E-state index is 0.306. The number of nitrogens with one attached hydrogen (secondary N) is 1. The Bertz CT molecular complexity index is 1300. The molecule has 4 aromatic heterocycles. The van der Waals surface area contributed by atoms with Crippen LogP contribution in [0.1, 0.15) is 55.0 Å². The Morgan fingerprint density at radius 2 is 1.87 bits per heavy atom. The third kappa shape index (κ3) is 3.14. The molecule has 1 N–H and O–H groups in total. The molecule has 1 aliphatic carbocycles. The van der Waals surface area contributed by atoms with E-state index in [1.165, 1.54) is 25.7 Å². The van der Waals surface area contributed by atoms with Crippen molar-refractivity contribution in [1.29, 1.82) is 0 Å². The van der Waals surface area contributed by atoms with Crippen molar-refractivity contribution in [2.75, 3.05) is 13.1 Å². The van der Waals surface area contributed by atoms with E-state index in [-0.39, 0.29) is 5.82 Å². The third-order valence-corrected chi connectivity index (χ3v) is 7.34. The lowest BCUT2D eigenvalue weighted by molar-refractivity contribution is 0.207. The summed E-state index contributed by atoms with van der Waals surface area (Å²) in [6.45, 7) is 6.18. The quantitative estimate of drug-likeness (QED) is 0.523. The lowest BCUT2D eigenvalue weighted by atomic mass is 9.77. The van der Waals surface area contributed by atoms with Crippen molar-refractivity contribution in [2.45, 2.75) is 51.9 Å². The molecule has 6 nitrogen and oxygen atoms in total. The maximum Gasteiger partial charge on any atom is 0.173 e. The number of aryl methyl sites for hydroxylation is 2. The summed E-state index contributed by atoms with van der Waals surface area (Å²) in [6, 6.07) is 3.52. The molecule has 6 rings (SSSR count). The summed E-state index contributed by atoms with van der Waals surface area (Å²) >= 11 is 0. The summed E-state index contributed by atoms with van der Waals surface area (Å²) in [7, 11) is 0. The van der Waals surface area contributed by atoms with Crippen molar-refractivity contribution in [1.82, 2.24) is 29.3 Å². The maximum atomic E-state index is 15.1. The van der Waals surface area contributed by atoms with Crippen LogP contribution >= 0.6 is 0 Å². The first-order chi connectivity index (χ1) is 15.0. The SMILES string of the molecule is Cc1cn2nc(-c3cc(F)c4nc([C@H]5CCC6(CCNCC6)C5)cn4c3)cc(C)c2n1. The fourth-order valence-corrected chi connectivity index (χ4v) is 5.67. The summed E-state index contributed by atoms with van der Waals surface area (Å²) in [4.78, 5) is 9.22. The standard InChI is InChI=1S/C24H27FN6/c1-15-9-20(29-31-12-16(2)27-22(15)31)18-10-19(25)23-28-21(14-30(23)13-18)17-3-4-24(11-17)5-7-26-8-6-24/h9-10,12-14,17,26H,3-8,11H2,1-2H3/t17-/m0/s1. The molecule has 1 aliphatic heterocycles. The van der Waals surface area contributed by atoms with E-state index in [0.717, 1.165) is 53.4 Å². The van der Waals surface area contributed by atoms with Crippen molar-refractivity contribution in [3.8, 4) is 11.3 Å². The molecule has 1 saturated heterocycles. The van der Waals surface area contributed by atoms with Crippen LogP contribution in [0, 0.1) is 25.1 Å². The molecule has 0 unspecified atom stereocenters. The van der Waals surface area contributed by atoms with E-state index >= 15 is 4.39 Å².